The Kier molecular flexibility index (Phi) is 5.75. The highest BCUT2D eigenvalue weighted by Gasteiger charge is 2.14. The number of nitrogens with one attached hydrogen (secondary N) is 2. The minimum absolute atomic E-state index is 0.284. The summed E-state index contributed by atoms with van der Waals surface area (Å²) in [5, 5.41) is 6.85. The lowest BCUT2D eigenvalue weighted by Crippen LogP contribution is -2.33. The Morgan fingerprint density at radius 3 is 2.92 bits per heavy atom. The largest absolute Gasteiger partial charge is 0.370 e. The topological polar surface area (TPSA) is 49.8 Å². The van der Waals surface area contributed by atoms with Crippen LogP contribution in [0.1, 0.15) is 31.9 Å². The van der Waals surface area contributed by atoms with Crippen molar-refractivity contribution in [3.63, 3.8) is 0 Å². The van der Waals surface area contributed by atoms with Crippen LogP contribution >= 0.6 is 0 Å². The lowest BCUT2D eigenvalue weighted by atomic mass is 10.00. The first-order valence-electron chi connectivity index (χ1n) is 8.83. The molecule has 4 nitrogen and oxygen atoms in total. The smallest absolute Gasteiger partial charge is 0.164 e. The quantitative estimate of drug-likeness (QED) is 0.850. The molecule has 24 heavy (non-hydrogen) atoms. The Bertz CT molecular complexity index is 668. The van der Waals surface area contributed by atoms with Crippen molar-refractivity contribution < 1.29 is 4.39 Å². The van der Waals surface area contributed by atoms with E-state index in [9.17, 15) is 4.39 Å². The number of hydrogen-bond donors (Lipinski definition) is 2. The van der Waals surface area contributed by atoms with Crippen molar-refractivity contribution in [2.45, 2.75) is 32.6 Å². The monoisotopic (exact) mass is 328 g/mol. The number of benzene rings is 1. The van der Waals surface area contributed by atoms with Gasteiger partial charge in [-0.15, -0.1) is 0 Å². The van der Waals surface area contributed by atoms with Crippen LogP contribution in [-0.4, -0.2) is 29.6 Å². The zero-order valence-electron chi connectivity index (χ0n) is 14.2. The van der Waals surface area contributed by atoms with Gasteiger partial charge in [0.25, 0.3) is 0 Å². The second kappa shape index (κ2) is 8.20. The average Bonchev–Trinajstić information content (AvgIpc) is 2.61. The molecule has 3 rings (SSSR count). The predicted molar refractivity (Wildman–Crippen MR) is 95.5 cm³/mol. The summed E-state index contributed by atoms with van der Waals surface area (Å²) in [7, 11) is 0. The molecule has 2 aromatic rings. The van der Waals surface area contributed by atoms with Crippen LogP contribution < -0.4 is 10.6 Å². The number of rotatable bonds is 6. The third-order valence-corrected chi connectivity index (χ3v) is 4.37. The van der Waals surface area contributed by atoms with Crippen LogP contribution in [0.4, 0.5) is 10.2 Å². The van der Waals surface area contributed by atoms with Gasteiger partial charge in [0.15, 0.2) is 5.82 Å². The summed E-state index contributed by atoms with van der Waals surface area (Å²) >= 11 is 0. The van der Waals surface area contributed by atoms with Gasteiger partial charge in [-0.3, -0.25) is 0 Å². The maximum atomic E-state index is 14.1. The van der Waals surface area contributed by atoms with Crippen LogP contribution in [0, 0.1) is 11.7 Å². The second-order valence-corrected chi connectivity index (χ2v) is 6.39. The molecule has 1 atom stereocenters. The van der Waals surface area contributed by atoms with Crippen LogP contribution in [0.5, 0.6) is 0 Å². The van der Waals surface area contributed by atoms with Gasteiger partial charge in [-0.05, 0) is 50.4 Å². The van der Waals surface area contributed by atoms with Crippen molar-refractivity contribution >= 4 is 5.82 Å². The summed E-state index contributed by atoms with van der Waals surface area (Å²) in [4.78, 5) is 9.09. The predicted octanol–water partition coefficient (Wildman–Crippen LogP) is 3.65. The third-order valence-electron chi connectivity index (χ3n) is 4.37. The van der Waals surface area contributed by atoms with Crippen molar-refractivity contribution in [1.82, 2.24) is 15.3 Å². The minimum Gasteiger partial charge on any atom is -0.370 e. The minimum atomic E-state index is -0.284. The maximum absolute atomic E-state index is 14.1. The van der Waals surface area contributed by atoms with Crippen LogP contribution in [0.15, 0.2) is 30.3 Å². The molecule has 1 unspecified atom stereocenters. The molecule has 5 heteroatoms. The summed E-state index contributed by atoms with van der Waals surface area (Å²) in [6, 6.07) is 8.67. The van der Waals surface area contributed by atoms with Crippen LogP contribution in [0.3, 0.4) is 0 Å². The van der Waals surface area contributed by atoms with E-state index >= 15 is 0 Å². The fourth-order valence-electron chi connectivity index (χ4n) is 3.08. The Hall–Kier alpha value is -2.01. The van der Waals surface area contributed by atoms with E-state index in [0.717, 1.165) is 44.0 Å². The molecule has 2 heterocycles. The van der Waals surface area contributed by atoms with Crippen molar-refractivity contribution in [1.29, 1.82) is 0 Å². The molecule has 0 spiro atoms. The van der Waals surface area contributed by atoms with Gasteiger partial charge in [-0.25, -0.2) is 14.4 Å². The summed E-state index contributed by atoms with van der Waals surface area (Å²) in [5.41, 5.74) is 1.41. The Balaban J connectivity index is 1.81. The van der Waals surface area contributed by atoms with E-state index in [1.165, 1.54) is 18.9 Å². The maximum Gasteiger partial charge on any atom is 0.164 e. The molecule has 0 bridgehead atoms. The molecule has 1 aliphatic heterocycles. The van der Waals surface area contributed by atoms with E-state index in [1.807, 2.05) is 12.1 Å². The van der Waals surface area contributed by atoms with E-state index < -0.39 is 0 Å². The molecule has 1 aliphatic rings. The highest BCUT2D eigenvalue weighted by molar-refractivity contribution is 5.58. The molecular weight excluding hydrogens is 303 g/mol. The zero-order chi connectivity index (χ0) is 16.8. The number of nitrogens with zero attached hydrogens (tertiary/aromatic N) is 2. The molecule has 0 saturated carbocycles. The molecule has 2 N–H and O–H groups in total. The van der Waals surface area contributed by atoms with E-state index in [0.29, 0.717) is 17.3 Å². The van der Waals surface area contributed by atoms with Gasteiger partial charge in [-0.1, -0.05) is 25.5 Å². The van der Waals surface area contributed by atoms with Gasteiger partial charge in [0.1, 0.15) is 11.6 Å². The summed E-state index contributed by atoms with van der Waals surface area (Å²) in [5.74, 6) is 1.58. The van der Waals surface area contributed by atoms with Gasteiger partial charge >= 0.3 is 0 Å². The molecule has 1 saturated heterocycles. The second-order valence-electron chi connectivity index (χ2n) is 6.39. The summed E-state index contributed by atoms with van der Waals surface area (Å²) in [6.07, 6.45) is 4.31. The zero-order valence-corrected chi connectivity index (χ0v) is 14.2. The molecule has 1 aromatic carbocycles. The van der Waals surface area contributed by atoms with Gasteiger partial charge < -0.3 is 10.6 Å². The number of halogens is 1. The summed E-state index contributed by atoms with van der Waals surface area (Å²) < 4.78 is 14.1. The van der Waals surface area contributed by atoms with Gasteiger partial charge in [0.2, 0.25) is 0 Å². The Morgan fingerprint density at radius 1 is 1.29 bits per heavy atom. The number of anilines is 1. The number of hydrogen-bond acceptors (Lipinski definition) is 4. The Morgan fingerprint density at radius 2 is 2.17 bits per heavy atom. The summed E-state index contributed by atoms with van der Waals surface area (Å²) in [6.45, 7) is 5.15. The van der Waals surface area contributed by atoms with E-state index in [4.69, 9.17) is 0 Å². The first-order chi connectivity index (χ1) is 11.8. The fraction of sp³-hybridized carbons (Fsp3) is 0.474. The fourth-order valence-corrected chi connectivity index (χ4v) is 3.08. The molecule has 1 fully saturated rings. The van der Waals surface area contributed by atoms with Crippen molar-refractivity contribution in [2.24, 2.45) is 5.92 Å². The Labute approximate surface area is 142 Å². The first-order valence-corrected chi connectivity index (χ1v) is 8.83. The van der Waals surface area contributed by atoms with E-state index in [2.05, 4.69) is 27.5 Å². The van der Waals surface area contributed by atoms with Gasteiger partial charge in [0.05, 0.1) is 5.56 Å². The van der Waals surface area contributed by atoms with Crippen LogP contribution in [0.25, 0.3) is 11.4 Å². The van der Waals surface area contributed by atoms with Crippen LogP contribution in [0.2, 0.25) is 0 Å². The highest BCUT2D eigenvalue weighted by atomic mass is 19.1. The van der Waals surface area contributed by atoms with Crippen molar-refractivity contribution in [3.05, 3.63) is 41.8 Å². The molecule has 0 aliphatic carbocycles. The SMILES string of the molecule is CCCc1cc(NCC2CCCNC2)nc(-c2ccccc2F)n1. The lowest BCUT2D eigenvalue weighted by molar-refractivity contribution is 0.392. The lowest BCUT2D eigenvalue weighted by Gasteiger charge is -2.23. The normalized spacial score (nSPS) is 17.7. The average molecular weight is 328 g/mol. The highest BCUT2D eigenvalue weighted by Crippen LogP contribution is 2.22. The number of aryl methyl sites for hydroxylation is 1. The van der Waals surface area contributed by atoms with Crippen LogP contribution in [-0.2, 0) is 6.42 Å². The molecule has 0 radical (unpaired) electrons. The van der Waals surface area contributed by atoms with Gasteiger partial charge in [-0.2, -0.15) is 0 Å². The third kappa shape index (κ3) is 4.29. The standard InChI is InChI=1S/C19H25FN4/c1-2-6-15-11-18(22-13-14-7-5-10-21-12-14)24-19(23-15)16-8-3-4-9-17(16)20/h3-4,8-9,11,14,21H,2,5-7,10,12-13H2,1H3,(H,22,23,24). The molecular formula is C19H25FN4. The molecule has 128 valence electrons. The van der Waals surface area contributed by atoms with E-state index in [1.54, 1.807) is 12.1 Å². The molecule has 0 amide bonds. The number of piperidine rings is 1. The van der Waals surface area contributed by atoms with Crippen molar-refractivity contribution in [2.75, 3.05) is 25.0 Å². The van der Waals surface area contributed by atoms with Crippen molar-refractivity contribution in [3.8, 4) is 11.4 Å². The van der Waals surface area contributed by atoms with Gasteiger partial charge in [0, 0.05) is 18.3 Å². The molecule has 1 aromatic heterocycles. The van der Waals surface area contributed by atoms with E-state index in [-0.39, 0.29) is 5.82 Å². The number of aromatic nitrogens is 2. The first kappa shape index (κ1) is 16.8.